The molecule has 8 heteroatoms. The second kappa shape index (κ2) is 7.50. The molecule has 1 N–H and O–H groups in total. The zero-order chi connectivity index (χ0) is 19.6. The van der Waals surface area contributed by atoms with E-state index in [4.69, 9.17) is 4.74 Å². The third-order valence-corrected chi connectivity index (χ3v) is 5.74. The number of ether oxygens (including phenoxy) is 1. The zero-order valence-electron chi connectivity index (χ0n) is 15.1. The number of methoxy groups -OCH3 is 1. The van der Waals surface area contributed by atoms with Crippen LogP contribution in [0.3, 0.4) is 0 Å². The van der Waals surface area contributed by atoms with Crippen molar-refractivity contribution in [3.8, 4) is 5.75 Å². The molecule has 0 aliphatic carbocycles. The summed E-state index contributed by atoms with van der Waals surface area (Å²) in [5.74, 6) is -0.489. The Morgan fingerprint density at radius 2 is 1.67 bits per heavy atom. The first-order valence-electron chi connectivity index (χ1n) is 8.41. The number of hydrogen-bond acceptors (Lipinski definition) is 5. The van der Waals surface area contributed by atoms with Gasteiger partial charge in [-0.1, -0.05) is 29.8 Å². The molecule has 0 aromatic heterocycles. The van der Waals surface area contributed by atoms with Crippen molar-refractivity contribution in [1.82, 2.24) is 4.72 Å². The summed E-state index contributed by atoms with van der Waals surface area (Å²) in [6.07, 6.45) is 0.204. The van der Waals surface area contributed by atoms with Crippen LogP contribution >= 0.6 is 0 Å². The van der Waals surface area contributed by atoms with Gasteiger partial charge < -0.3 is 4.74 Å². The van der Waals surface area contributed by atoms with Gasteiger partial charge in [0.15, 0.2) is 0 Å². The van der Waals surface area contributed by atoms with Crippen LogP contribution in [-0.4, -0.2) is 27.3 Å². The molecule has 1 heterocycles. The molecule has 7 nitrogen and oxygen atoms in total. The second-order valence-electron chi connectivity index (χ2n) is 6.27. The first-order valence-corrected chi connectivity index (χ1v) is 9.89. The number of nitrogens with zero attached hydrogens (tertiary/aromatic N) is 1. The number of benzene rings is 2. The third-order valence-electron chi connectivity index (χ3n) is 4.34. The fraction of sp³-hybridized carbons (Fsp3) is 0.263. The first kappa shape index (κ1) is 19.1. The van der Waals surface area contributed by atoms with Crippen molar-refractivity contribution < 1.29 is 22.7 Å². The highest BCUT2D eigenvalue weighted by Crippen LogP contribution is 2.34. The summed E-state index contributed by atoms with van der Waals surface area (Å²) in [4.78, 5) is 25.0. The maximum absolute atomic E-state index is 12.7. The van der Waals surface area contributed by atoms with Crippen LogP contribution in [0.2, 0.25) is 0 Å². The van der Waals surface area contributed by atoms with Gasteiger partial charge in [-0.15, -0.1) is 0 Å². The Morgan fingerprint density at radius 3 is 2.26 bits per heavy atom. The second-order valence-corrected chi connectivity index (χ2v) is 8.03. The van der Waals surface area contributed by atoms with Gasteiger partial charge in [0.05, 0.1) is 17.7 Å². The number of carbonyl (C=O) groups excluding carboxylic acids is 2. The van der Waals surface area contributed by atoms with Crippen molar-refractivity contribution >= 4 is 27.5 Å². The van der Waals surface area contributed by atoms with E-state index in [-0.39, 0.29) is 47.5 Å². The number of rotatable bonds is 6. The highest BCUT2D eigenvalue weighted by Gasteiger charge is 2.33. The number of aryl methyl sites for hydroxylation is 1. The monoisotopic (exact) mass is 388 g/mol. The number of hydrogen-bond donors (Lipinski definition) is 1. The largest absolute Gasteiger partial charge is 0.495 e. The number of nitrogens with one attached hydrogen (secondary N) is 1. The maximum Gasteiger partial charge on any atom is 0.240 e. The predicted octanol–water partition coefficient (Wildman–Crippen LogP) is 2.14. The van der Waals surface area contributed by atoms with Crippen LogP contribution in [0.15, 0.2) is 47.4 Å². The minimum absolute atomic E-state index is 0.0436. The third kappa shape index (κ3) is 4.01. The molecule has 1 aliphatic rings. The lowest BCUT2D eigenvalue weighted by molar-refractivity contribution is -0.121. The summed E-state index contributed by atoms with van der Waals surface area (Å²) in [5.41, 5.74) is 2.05. The van der Waals surface area contributed by atoms with E-state index in [2.05, 4.69) is 4.72 Å². The van der Waals surface area contributed by atoms with Crippen molar-refractivity contribution in [2.24, 2.45) is 0 Å². The summed E-state index contributed by atoms with van der Waals surface area (Å²) >= 11 is 0. The van der Waals surface area contributed by atoms with Gasteiger partial charge in [-0.05, 0) is 30.7 Å². The van der Waals surface area contributed by atoms with Crippen LogP contribution < -0.4 is 14.4 Å². The van der Waals surface area contributed by atoms with Gasteiger partial charge in [0.1, 0.15) is 5.75 Å². The standard InChI is InChI=1S/C19H20N2O5S/c1-13-3-5-14(6-4-13)12-20-27(24,25)15-7-8-17(26-2)16(11-15)21-18(22)9-10-19(21)23/h3-8,11,20H,9-10,12H2,1-2H3. The van der Waals surface area contributed by atoms with Crippen LogP contribution in [0, 0.1) is 6.92 Å². The Labute approximate surface area is 158 Å². The van der Waals surface area contributed by atoms with Crippen LogP contribution in [0.1, 0.15) is 24.0 Å². The Hall–Kier alpha value is -2.71. The Kier molecular flexibility index (Phi) is 5.29. The Balaban J connectivity index is 1.89. The molecular formula is C19H20N2O5S. The molecule has 142 valence electrons. The smallest absolute Gasteiger partial charge is 0.240 e. The number of anilines is 1. The first-order chi connectivity index (χ1) is 12.8. The molecule has 0 saturated carbocycles. The van der Waals surface area contributed by atoms with Crippen molar-refractivity contribution in [2.45, 2.75) is 31.2 Å². The molecule has 0 radical (unpaired) electrons. The van der Waals surface area contributed by atoms with Gasteiger partial charge in [0, 0.05) is 19.4 Å². The number of amides is 2. The van der Waals surface area contributed by atoms with Crippen LogP contribution in [0.4, 0.5) is 5.69 Å². The fourth-order valence-electron chi connectivity index (χ4n) is 2.82. The molecule has 1 aliphatic heterocycles. The molecule has 0 atom stereocenters. The molecule has 1 fully saturated rings. The van der Waals surface area contributed by atoms with E-state index in [0.29, 0.717) is 0 Å². The molecule has 2 aromatic carbocycles. The van der Waals surface area contributed by atoms with Gasteiger partial charge in [0.2, 0.25) is 21.8 Å². The molecule has 2 aromatic rings. The van der Waals surface area contributed by atoms with Gasteiger partial charge in [-0.3, -0.25) is 9.59 Å². The van der Waals surface area contributed by atoms with E-state index in [1.165, 1.54) is 25.3 Å². The summed E-state index contributed by atoms with van der Waals surface area (Å²) in [6.45, 7) is 2.08. The Morgan fingerprint density at radius 1 is 1.04 bits per heavy atom. The van der Waals surface area contributed by atoms with Crippen molar-refractivity contribution in [3.63, 3.8) is 0 Å². The van der Waals surface area contributed by atoms with Crippen molar-refractivity contribution in [1.29, 1.82) is 0 Å². The lowest BCUT2D eigenvalue weighted by Gasteiger charge is -2.18. The summed E-state index contributed by atoms with van der Waals surface area (Å²) < 4.78 is 33.1. The van der Waals surface area contributed by atoms with Crippen LogP contribution in [0.25, 0.3) is 0 Å². The lowest BCUT2D eigenvalue weighted by Crippen LogP contribution is -2.29. The molecular weight excluding hydrogens is 368 g/mol. The molecule has 0 bridgehead atoms. The van der Waals surface area contributed by atoms with Gasteiger partial charge in [-0.25, -0.2) is 18.0 Å². The zero-order valence-corrected chi connectivity index (χ0v) is 15.9. The Bertz CT molecular complexity index is 968. The SMILES string of the molecule is COc1ccc(S(=O)(=O)NCc2ccc(C)cc2)cc1N1C(=O)CCC1=O. The van der Waals surface area contributed by atoms with Gasteiger partial charge in [-0.2, -0.15) is 0 Å². The molecule has 0 spiro atoms. The summed E-state index contributed by atoms with van der Waals surface area (Å²) in [5, 5.41) is 0. The van der Waals surface area contributed by atoms with E-state index in [0.717, 1.165) is 16.0 Å². The van der Waals surface area contributed by atoms with E-state index < -0.39 is 10.0 Å². The molecule has 2 amide bonds. The van der Waals surface area contributed by atoms with E-state index in [9.17, 15) is 18.0 Å². The van der Waals surface area contributed by atoms with Gasteiger partial charge in [0.25, 0.3) is 0 Å². The molecule has 27 heavy (non-hydrogen) atoms. The number of imide groups is 1. The van der Waals surface area contributed by atoms with E-state index in [1.54, 1.807) is 0 Å². The lowest BCUT2D eigenvalue weighted by atomic mass is 10.2. The molecule has 1 saturated heterocycles. The quantitative estimate of drug-likeness (QED) is 0.766. The highest BCUT2D eigenvalue weighted by molar-refractivity contribution is 7.89. The predicted molar refractivity (Wildman–Crippen MR) is 99.9 cm³/mol. The molecule has 0 unspecified atom stereocenters. The minimum atomic E-state index is -3.84. The normalized spacial score (nSPS) is 14.7. The van der Waals surface area contributed by atoms with Crippen molar-refractivity contribution in [2.75, 3.05) is 12.0 Å². The summed E-state index contributed by atoms with van der Waals surface area (Å²) in [6, 6.07) is 11.6. The van der Waals surface area contributed by atoms with Crippen LogP contribution in [-0.2, 0) is 26.2 Å². The number of sulfonamides is 1. The number of carbonyl (C=O) groups is 2. The molecule has 3 rings (SSSR count). The average molecular weight is 388 g/mol. The average Bonchev–Trinajstić information content (AvgIpc) is 2.99. The summed E-state index contributed by atoms with van der Waals surface area (Å²) in [7, 11) is -2.44. The topological polar surface area (TPSA) is 92.8 Å². The maximum atomic E-state index is 12.7. The van der Waals surface area contributed by atoms with E-state index in [1.807, 2.05) is 31.2 Å². The minimum Gasteiger partial charge on any atom is -0.495 e. The van der Waals surface area contributed by atoms with Crippen LogP contribution in [0.5, 0.6) is 5.75 Å². The van der Waals surface area contributed by atoms with Gasteiger partial charge >= 0.3 is 0 Å². The van der Waals surface area contributed by atoms with Crippen molar-refractivity contribution in [3.05, 3.63) is 53.6 Å². The highest BCUT2D eigenvalue weighted by atomic mass is 32.2. The fourth-order valence-corrected chi connectivity index (χ4v) is 3.86. The van der Waals surface area contributed by atoms with E-state index >= 15 is 0 Å².